The van der Waals surface area contributed by atoms with Crippen molar-refractivity contribution in [2.45, 2.75) is 13.8 Å². The summed E-state index contributed by atoms with van der Waals surface area (Å²) in [5, 5.41) is 3.13. The van der Waals surface area contributed by atoms with Gasteiger partial charge in [0.15, 0.2) is 0 Å². The van der Waals surface area contributed by atoms with Gasteiger partial charge >= 0.3 is 0 Å². The normalized spacial score (nSPS) is 10.3. The minimum Gasteiger partial charge on any atom is -0.397 e. The molecule has 0 radical (unpaired) electrons. The van der Waals surface area contributed by atoms with E-state index in [9.17, 15) is 4.39 Å². The van der Waals surface area contributed by atoms with E-state index >= 15 is 0 Å². The summed E-state index contributed by atoms with van der Waals surface area (Å²) in [5.41, 5.74) is 10.00. The predicted octanol–water partition coefficient (Wildman–Crippen LogP) is 3.77. The Hall–Kier alpha value is -2.03. The van der Waals surface area contributed by atoms with Crippen LogP contribution in [0.25, 0.3) is 0 Å². The van der Waals surface area contributed by atoms with E-state index in [0.717, 1.165) is 16.8 Å². The van der Waals surface area contributed by atoms with Crippen molar-refractivity contribution in [1.29, 1.82) is 0 Å². The topological polar surface area (TPSA) is 38.0 Å². The second-order valence-electron chi connectivity index (χ2n) is 4.23. The lowest BCUT2D eigenvalue weighted by Crippen LogP contribution is -1.97. The Morgan fingerprint density at radius 1 is 1.00 bits per heavy atom. The molecule has 3 heteroatoms. The summed E-state index contributed by atoms with van der Waals surface area (Å²) < 4.78 is 13.2. The van der Waals surface area contributed by atoms with Crippen molar-refractivity contribution in [3.63, 3.8) is 0 Å². The Balaban J connectivity index is 2.34. The minimum atomic E-state index is -0.251. The van der Waals surface area contributed by atoms with Gasteiger partial charge in [0.1, 0.15) is 5.82 Å². The van der Waals surface area contributed by atoms with Gasteiger partial charge < -0.3 is 11.1 Å². The molecule has 2 rings (SSSR count). The van der Waals surface area contributed by atoms with Crippen LogP contribution in [-0.4, -0.2) is 0 Å². The van der Waals surface area contributed by atoms with Gasteiger partial charge in [-0.1, -0.05) is 6.07 Å². The largest absolute Gasteiger partial charge is 0.397 e. The molecular weight excluding hydrogens is 215 g/mol. The molecular formula is C14H15FN2. The molecule has 2 aromatic carbocycles. The van der Waals surface area contributed by atoms with Crippen LogP contribution in [0.15, 0.2) is 36.4 Å². The summed E-state index contributed by atoms with van der Waals surface area (Å²) in [6, 6.07) is 10.5. The van der Waals surface area contributed by atoms with Crippen LogP contribution in [0, 0.1) is 19.7 Å². The second-order valence-corrected chi connectivity index (χ2v) is 4.23. The molecule has 0 amide bonds. The van der Waals surface area contributed by atoms with Gasteiger partial charge in [0.05, 0.1) is 11.4 Å². The SMILES string of the molecule is Cc1cc(F)cc(Nc2cc(C)ccc2N)c1. The highest BCUT2D eigenvalue weighted by Gasteiger charge is 2.02. The molecule has 0 unspecified atom stereocenters. The van der Waals surface area contributed by atoms with Crippen LogP contribution in [0.3, 0.4) is 0 Å². The molecule has 0 saturated heterocycles. The molecule has 0 aliphatic rings. The Morgan fingerprint density at radius 3 is 2.47 bits per heavy atom. The number of anilines is 3. The summed E-state index contributed by atoms with van der Waals surface area (Å²) >= 11 is 0. The number of hydrogen-bond donors (Lipinski definition) is 2. The van der Waals surface area contributed by atoms with Crippen molar-refractivity contribution in [3.05, 3.63) is 53.3 Å². The van der Waals surface area contributed by atoms with E-state index in [1.807, 2.05) is 38.1 Å². The van der Waals surface area contributed by atoms with E-state index < -0.39 is 0 Å². The van der Waals surface area contributed by atoms with Gasteiger partial charge in [0.2, 0.25) is 0 Å². The maximum atomic E-state index is 13.2. The van der Waals surface area contributed by atoms with Crippen molar-refractivity contribution in [2.24, 2.45) is 0 Å². The van der Waals surface area contributed by atoms with Crippen molar-refractivity contribution < 1.29 is 4.39 Å². The fraction of sp³-hybridized carbons (Fsp3) is 0.143. The molecule has 0 aliphatic carbocycles. The van der Waals surface area contributed by atoms with E-state index in [-0.39, 0.29) is 5.82 Å². The molecule has 0 atom stereocenters. The molecule has 0 saturated carbocycles. The molecule has 3 N–H and O–H groups in total. The lowest BCUT2D eigenvalue weighted by molar-refractivity contribution is 0.627. The van der Waals surface area contributed by atoms with Gasteiger partial charge in [0, 0.05) is 5.69 Å². The zero-order chi connectivity index (χ0) is 12.4. The lowest BCUT2D eigenvalue weighted by atomic mass is 10.1. The Morgan fingerprint density at radius 2 is 1.76 bits per heavy atom. The monoisotopic (exact) mass is 230 g/mol. The smallest absolute Gasteiger partial charge is 0.125 e. The maximum Gasteiger partial charge on any atom is 0.125 e. The van der Waals surface area contributed by atoms with Gasteiger partial charge in [0.25, 0.3) is 0 Å². The highest BCUT2D eigenvalue weighted by molar-refractivity contribution is 5.73. The summed E-state index contributed by atoms with van der Waals surface area (Å²) in [7, 11) is 0. The average molecular weight is 230 g/mol. The molecule has 0 aromatic heterocycles. The van der Waals surface area contributed by atoms with E-state index in [2.05, 4.69) is 5.32 Å². The van der Waals surface area contributed by atoms with Crippen molar-refractivity contribution in [2.75, 3.05) is 11.1 Å². The second kappa shape index (κ2) is 4.45. The van der Waals surface area contributed by atoms with Crippen LogP contribution >= 0.6 is 0 Å². The first kappa shape index (κ1) is 11.5. The zero-order valence-electron chi connectivity index (χ0n) is 9.92. The Bertz CT molecular complexity index is 530. The van der Waals surface area contributed by atoms with Crippen molar-refractivity contribution in [1.82, 2.24) is 0 Å². The molecule has 0 aliphatic heterocycles. The highest BCUT2D eigenvalue weighted by atomic mass is 19.1. The van der Waals surface area contributed by atoms with Gasteiger partial charge in [-0.25, -0.2) is 4.39 Å². The Labute approximate surface area is 100 Å². The molecule has 0 fully saturated rings. The third-order valence-corrected chi connectivity index (χ3v) is 2.53. The quantitative estimate of drug-likeness (QED) is 0.771. The third-order valence-electron chi connectivity index (χ3n) is 2.53. The Kier molecular flexibility index (Phi) is 3.00. The van der Waals surface area contributed by atoms with Gasteiger partial charge in [-0.2, -0.15) is 0 Å². The number of halogens is 1. The van der Waals surface area contributed by atoms with Crippen LogP contribution < -0.4 is 11.1 Å². The van der Waals surface area contributed by atoms with Crippen LogP contribution in [0.5, 0.6) is 0 Å². The highest BCUT2D eigenvalue weighted by Crippen LogP contribution is 2.25. The molecule has 88 valence electrons. The van der Waals surface area contributed by atoms with E-state index in [4.69, 9.17) is 5.73 Å². The summed E-state index contributed by atoms with van der Waals surface area (Å²) in [6.45, 7) is 3.84. The lowest BCUT2D eigenvalue weighted by Gasteiger charge is -2.11. The first-order chi connectivity index (χ1) is 8.04. The van der Waals surface area contributed by atoms with Crippen LogP contribution in [0.4, 0.5) is 21.5 Å². The number of nitrogens with two attached hydrogens (primary N) is 1. The van der Waals surface area contributed by atoms with E-state index in [0.29, 0.717) is 11.4 Å². The first-order valence-electron chi connectivity index (χ1n) is 5.45. The number of aryl methyl sites for hydroxylation is 2. The molecule has 2 nitrogen and oxygen atoms in total. The number of benzene rings is 2. The van der Waals surface area contributed by atoms with E-state index in [1.54, 1.807) is 0 Å². The predicted molar refractivity (Wildman–Crippen MR) is 70.0 cm³/mol. The van der Waals surface area contributed by atoms with E-state index in [1.165, 1.54) is 12.1 Å². The third kappa shape index (κ3) is 2.75. The van der Waals surface area contributed by atoms with Gasteiger partial charge in [-0.05, 0) is 55.3 Å². The van der Waals surface area contributed by atoms with Gasteiger partial charge in [-0.3, -0.25) is 0 Å². The molecule has 0 spiro atoms. The van der Waals surface area contributed by atoms with Crippen molar-refractivity contribution in [3.8, 4) is 0 Å². The average Bonchev–Trinajstić information content (AvgIpc) is 2.22. The van der Waals surface area contributed by atoms with Crippen LogP contribution in [-0.2, 0) is 0 Å². The molecule has 0 bridgehead atoms. The number of rotatable bonds is 2. The van der Waals surface area contributed by atoms with Crippen LogP contribution in [0.2, 0.25) is 0 Å². The maximum absolute atomic E-state index is 13.2. The molecule has 2 aromatic rings. The molecule has 17 heavy (non-hydrogen) atoms. The number of nitrogen functional groups attached to an aromatic ring is 1. The summed E-state index contributed by atoms with van der Waals surface area (Å²) in [5.74, 6) is -0.251. The summed E-state index contributed by atoms with van der Waals surface area (Å²) in [4.78, 5) is 0. The zero-order valence-corrected chi connectivity index (χ0v) is 9.92. The fourth-order valence-electron chi connectivity index (χ4n) is 1.74. The van der Waals surface area contributed by atoms with Crippen molar-refractivity contribution >= 4 is 17.1 Å². The number of hydrogen-bond acceptors (Lipinski definition) is 2. The van der Waals surface area contributed by atoms with Crippen LogP contribution in [0.1, 0.15) is 11.1 Å². The standard InChI is InChI=1S/C14H15FN2/c1-9-3-4-13(16)14(7-9)17-12-6-10(2)5-11(15)8-12/h3-8,17H,16H2,1-2H3. The molecule has 0 heterocycles. The fourth-order valence-corrected chi connectivity index (χ4v) is 1.74. The summed E-state index contributed by atoms with van der Waals surface area (Å²) in [6.07, 6.45) is 0. The minimum absolute atomic E-state index is 0.251. The number of nitrogens with one attached hydrogen (secondary N) is 1. The van der Waals surface area contributed by atoms with Gasteiger partial charge in [-0.15, -0.1) is 0 Å². The first-order valence-corrected chi connectivity index (χ1v) is 5.45.